The Morgan fingerprint density at radius 1 is 1.44 bits per heavy atom. The maximum Gasteiger partial charge on any atom is 0.0506 e. The van der Waals surface area contributed by atoms with Crippen molar-refractivity contribution >= 4 is 0 Å². The highest BCUT2D eigenvalue weighted by molar-refractivity contribution is 4.61. The lowest BCUT2D eigenvalue weighted by Crippen LogP contribution is -2.27. The van der Waals surface area contributed by atoms with Crippen molar-refractivity contribution in [1.82, 2.24) is 0 Å². The summed E-state index contributed by atoms with van der Waals surface area (Å²) in [5.74, 6) is 0.477. The summed E-state index contributed by atoms with van der Waals surface area (Å²) >= 11 is 0. The summed E-state index contributed by atoms with van der Waals surface area (Å²) in [5, 5.41) is 0. The van der Waals surface area contributed by atoms with Crippen LogP contribution in [0.3, 0.4) is 0 Å². The fraction of sp³-hybridized carbons (Fsp3) is 1.00. The molecular formula is C7H17NO. The second-order valence-electron chi connectivity index (χ2n) is 2.50. The van der Waals surface area contributed by atoms with E-state index in [9.17, 15) is 0 Å². The number of ether oxygens (including phenoxy) is 1. The van der Waals surface area contributed by atoms with Crippen LogP contribution < -0.4 is 5.73 Å². The standard InChI is InChI=1S/C7H17NO/c1-4-9-5-6(2)7(3)8/h6-7H,4-5,8H2,1-3H3/t6?,7-/m0/s1. The zero-order valence-electron chi connectivity index (χ0n) is 6.55. The molecule has 0 heterocycles. The van der Waals surface area contributed by atoms with Crippen molar-refractivity contribution in [2.45, 2.75) is 26.8 Å². The largest absolute Gasteiger partial charge is 0.381 e. The minimum atomic E-state index is 0.247. The van der Waals surface area contributed by atoms with Crippen molar-refractivity contribution in [3.63, 3.8) is 0 Å². The molecule has 0 radical (unpaired) electrons. The predicted molar refractivity (Wildman–Crippen MR) is 39.3 cm³/mol. The van der Waals surface area contributed by atoms with Gasteiger partial charge in [-0.25, -0.2) is 0 Å². The van der Waals surface area contributed by atoms with Gasteiger partial charge in [-0.15, -0.1) is 0 Å². The number of hydrogen-bond donors (Lipinski definition) is 1. The van der Waals surface area contributed by atoms with E-state index in [1.165, 1.54) is 0 Å². The van der Waals surface area contributed by atoms with Gasteiger partial charge < -0.3 is 10.5 Å². The molecule has 0 spiro atoms. The zero-order valence-corrected chi connectivity index (χ0v) is 6.55. The first-order chi connectivity index (χ1) is 4.18. The first kappa shape index (κ1) is 8.92. The third-order valence-electron chi connectivity index (χ3n) is 1.48. The summed E-state index contributed by atoms with van der Waals surface area (Å²) in [4.78, 5) is 0. The molecule has 2 N–H and O–H groups in total. The lowest BCUT2D eigenvalue weighted by atomic mass is 10.1. The maximum absolute atomic E-state index is 5.60. The summed E-state index contributed by atoms with van der Waals surface area (Å²) in [5.41, 5.74) is 5.60. The highest BCUT2D eigenvalue weighted by atomic mass is 16.5. The molecule has 0 bridgehead atoms. The van der Waals surface area contributed by atoms with E-state index in [4.69, 9.17) is 10.5 Å². The van der Waals surface area contributed by atoms with E-state index in [-0.39, 0.29) is 6.04 Å². The molecule has 0 aliphatic carbocycles. The van der Waals surface area contributed by atoms with E-state index >= 15 is 0 Å². The molecule has 0 aromatic carbocycles. The molecule has 0 aliphatic rings. The molecule has 56 valence electrons. The van der Waals surface area contributed by atoms with E-state index in [0.717, 1.165) is 13.2 Å². The molecule has 0 amide bonds. The second kappa shape index (κ2) is 4.77. The molecule has 0 aromatic rings. The molecule has 0 aliphatic heterocycles. The van der Waals surface area contributed by atoms with Crippen LogP contribution in [0.15, 0.2) is 0 Å². The summed E-state index contributed by atoms with van der Waals surface area (Å²) in [7, 11) is 0. The van der Waals surface area contributed by atoms with Crippen LogP contribution in [-0.4, -0.2) is 19.3 Å². The van der Waals surface area contributed by atoms with E-state index in [0.29, 0.717) is 5.92 Å². The topological polar surface area (TPSA) is 35.2 Å². The van der Waals surface area contributed by atoms with Crippen molar-refractivity contribution in [2.75, 3.05) is 13.2 Å². The van der Waals surface area contributed by atoms with Gasteiger partial charge in [-0.1, -0.05) is 6.92 Å². The van der Waals surface area contributed by atoms with Crippen molar-refractivity contribution in [3.05, 3.63) is 0 Å². The van der Waals surface area contributed by atoms with Crippen LogP contribution in [-0.2, 0) is 4.74 Å². The molecule has 0 rings (SSSR count). The fourth-order valence-corrected chi connectivity index (χ4v) is 0.456. The van der Waals surface area contributed by atoms with Crippen LogP contribution in [0, 0.1) is 5.92 Å². The van der Waals surface area contributed by atoms with Crippen molar-refractivity contribution in [3.8, 4) is 0 Å². The fourth-order valence-electron chi connectivity index (χ4n) is 0.456. The number of nitrogens with two attached hydrogens (primary N) is 1. The van der Waals surface area contributed by atoms with E-state index in [2.05, 4.69) is 6.92 Å². The summed E-state index contributed by atoms with van der Waals surface area (Å²) < 4.78 is 5.18. The summed E-state index contributed by atoms with van der Waals surface area (Å²) in [6.07, 6.45) is 0. The Morgan fingerprint density at radius 2 is 2.00 bits per heavy atom. The van der Waals surface area contributed by atoms with E-state index in [1.807, 2.05) is 13.8 Å². The first-order valence-corrected chi connectivity index (χ1v) is 3.51. The molecule has 0 aromatic heterocycles. The van der Waals surface area contributed by atoms with Gasteiger partial charge in [-0.2, -0.15) is 0 Å². The van der Waals surface area contributed by atoms with Gasteiger partial charge in [0.15, 0.2) is 0 Å². The smallest absolute Gasteiger partial charge is 0.0506 e. The SMILES string of the molecule is CCOCC(C)[C@H](C)N. The van der Waals surface area contributed by atoms with Gasteiger partial charge in [0.05, 0.1) is 6.61 Å². The van der Waals surface area contributed by atoms with Crippen LogP contribution >= 0.6 is 0 Å². The molecular weight excluding hydrogens is 114 g/mol. The molecule has 0 fully saturated rings. The number of hydrogen-bond acceptors (Lipinski definition) is 2. The minimum Gasteiger partial charge on any atom is -0.381 e. The molecule has 9 heavy (non-hydrogen) atoms. The van der Waals surface area contributed by atoms with Crippen molar-refractivity contribution < 1.29 is 4.74 Å². The van der Waals surface area contributed by atoms with Gasteiger partial charge in [0.1, 0.15) is 0 Å². The van der Waals surface area contributed by atoms with Gasteiger partial charge in [-0.05, 0) is 19.8 Å². The van der Waals surface area contributed by atoms with Gasteiger partial charge in [0, 0.05) is 12.6 Å². The predicted octanol–water partition coefficient (Wildman–Crippen LogP) is 1.01. The van der Waals surface area contributed by atoms with Gasteiger partial charge in [0.2, 0.25) is 0 Å². The summed E-state index contributed by atoms with van der Waals surface area (Å²) in [6.45, 7) is 7.67. The second-order valence-corrected chi connectivity index (χ2v) is 2.50. The Morgan fingerprint density at radius 3 is 2.33 bits per heavy atom. The molecule has 0 saturated heterocycles. The third-order valence-corrected chi connectivity index (χ3v) is 1.48. The summed E-state index contributed by atoms with van der Waals surface area (Å²) in [6, 6.07) is 0.247. The Kier molecular flexibility index (Phi) is 4.72. The average molecular weight is 131 g/mol. The quantitative estimate of drug-likeness (QED) is 0.618. The Hall–Kier alpha value is -0.0800. The van der Waals surface area contributed by atoms with E-state index in [1.54, 1.807) is 0 Å². The Bertz CT molecular complexity index is 63.9. The van der Waals surface area contributed by atoms with Crippen molar-refractivity contribution in [2.24, 2.45) is 11.7 Å². The van der Waals surface area contributed by atoms with Crippen LogP contribution in [0.4, 0.5) is 0 Å². The molecule has 1 unspecified atom stereocenters. The lowest BCUT2D eigenvalue weighted by Gasteiger charge is -2.14. The van der Waals surface area contributed by atoms with Crippen LogP contribution in [0.2, 0.25) is 0 Å². The highest BCUT2D eigenvalue weighted by Gasteiger charge is 2.05. The number of rotatable bonds is 4. The first-order valence-electron chi connectivity index (χ1n) is 3.51. The zero-order chi connectivity index (χ0) is 7.28. The van der Waals surface area contributed by atoms with Gasteiger partial charge in [-0.3, -0.25) is 0 Å². The van der Waals surface area contributed by atoms with Gasteiger partial charge in [0.25, 0.3) is 0 Å². The van der Waals surface area contributed by atoms with Crippen molar-refractivity contribution in [1.29, 1.82) is 0 Å². The average Bonchev–Trinajstić information content (AvgIpc) is 1.82. The monoisotopic (exact) mass is 131 g/mol. The van der Waals surface area contributed by atoms with Gasteiger partial charge >= 0.3 is 0 Å². The lowest BCUT2D eigenvalue weighted by molar-refractivity contribution is 0.109. The van der Waals surface area contributed by atoms with Crippen LogP contribution in [0.5, 0.6) is 0 Å². The molecule has 2 atom stereocenters. The molecule has 0 saturated carbocycles. The third kappa shape index (κ3) is 4.43. The molecule has 2 nitrogen and oxygen atoms in total. The van der Waals surface area contributed by atoms with Crippen LogP contribution in [0.1, 0.15) is 20.8 Å². The van der Waals surface area contributed by atoms with Crippen LogP contribution in [0.25, 0.3) is 0 Å². The minimum absolute atomic E-state index is 0.247. The normalized spacial score (nSPS) is 17.3. The Balaban J connectivity index is 3.16. The maximum atomic E-state index is 5.60. The highest BCUT2D eigenvalue weighted by Crippen LogP contribution is 1.98. The van der Waals surface area contributed by atoms with E-state index < -0.39 is 0 Å². The molecule has 2 heteroatoms. The Labute approximate surface area is 57.4 Å².